The Morgan fingerprint density at radius 3 is 2.45 bits per heavy atom. The van der Waals surface area contributed by atoms with Gasteiger partial charge in [0.25, 0.3) is 0 Å². The fraction of sp³-hybridized carbons (Fsp3) is 0.429. The van der Waals surface area contributed by atoms with Crippen molar-refractivity contribution in [2.45, 2.75) is 19.4 Å². The van der Waals surface area contributed by atoms with Crippen molar-refractivity contribution in [2.75, 3.05) is 23.0 Å². The minimum Gasteiger partial charge on any atom is -0.351 e. The number of benzene rings is 1. The quantitative estimate of drug-likeness (QED) is 0.836. The third-order valence-corrected chi connectivity index (χ3v) is 5.71. The van der Waals surface area contributed by atoms with E-state index in [0.29, 0.717) is 12.1 Å². The Labute approximate surface area is 137 Å². The number of carbonyl (C=O) groups excluding carboxylic acids is 2. The third kappa shape index (κ3) is 4.54. The molecule has 1 aromatic rings. The largest absolute Gasteiger partial charge is 0.351 e. The number of nitrogens with zero attached hydrogens (tertiary/aromatic N) is 1. The molecule has 1 aliphatic heterocycles. The van der Waals surface area contributed by atoms with Crippen LogP contribution in [0.2, 0.25) is 0 Å². The van der Waals surface area contributed by atoms with Gasteiger partial charge in [-0.2, -0.15) is 0 Å². The van der Waals surface area contributed by atoms with E-state index in [9.17, 15) is 18.0 Å². The normalized spacial score (nSPS) is 19.6. The summed E-state index contributed by atoms with van der Waals surface area (Å²) in [7, 11) is -3.04. The van der Waals surface area contributed by atoms with Crippen LogP contribution < -0.4 is 10.2 Å². The van der Waals surface area contributed by atoms with E-state index in [1.165, 1.54) is 11.8 Å². The molecule has 0 spiro atoms. The first-order chi connectivity index (χ1) is 10.3. The molecule has 22 heavy (non-hydrogen) atoms. The van der Waals surface area contributed by atoms with Gasteiger partial charge in [-0.05, 0) is 30.7 Å². The van der Waals surface area contributed by atoms with Crippen molar-refractivity contribution in [3.63, 3.8) is 0 Å². The predicted octanol–water partition coefficient (Wildman–Crippen LogP) is 1.11. The predicted molar refractivity (Wildman–Crippen MR) is 87.4 cm³/mol. The van der Waals surface area contributed by atoms with Gasteiger partial charge in [-0.25, -0.2) is 8.42 Å². The lowest BCUT2D eigenvalue weighted by Crippen LogP contribution is -2.44. The Morgan fingerprint density at radius 2 is 1.95 bits per heavy atom. The molecule has 2 amide bonds. The van der Waals surface area contributed by atoms with E-state index in [1.807, 2.05) is 0 Å². The van der Waals surface area contributed by atoms with Crippen LogP contribution in [0.3, 0.4) is 0 Å². The van der Waals surface area contributed by atoms with Gasteiger partial charge in [-0.1, -0.05) is 15.9 Å². The summed E-state index contributed by atoms with van der Waals surface area (Å²) < 4.78 is 23.6. The van der Waals surface area contributed by atoms with Crippen molar-refractivity contribution in [2.24, 2.45) is 0 Å². The molecule has 8 heteroatoms. The Bertz CT molecular complexity index is 673. The Kier molecular flexibility index (Phi) is 5.23. The van der Waals surface area contributed by atoms with E-state index in [0.717, 1.165) is 4.47 Å². The number of anilines is 1. The summed E-state index contributed by atoms with van der Waals surface area (Å²) in [6.45, 7) is 1.25. The first-order valence-corrected chi connectivity index (χ1v) is 9.42. The molecule has 1 heterocycles. The van der Waals surface area contributed by atoms with E-state index >= 15 is 0 Å². The second kappa shape index (κ2) is 6.78. The smallest absolute Gasteiger partial charge is 0.240 e. The first kappa shape index (κ1) is 17.0. The molecule has 1 aliphatic rings. The molecule has 1 fully saturated rings. The molecule has 0 aromatic heterocycles. The molecule has 0 aliphatic carbocycles. The summed E-state index contributed by atoms with van der Waals surface area (Å²) >= 11 is 3.31. The summed E-state index contributed by atoms with van der Waals surface area (Å²) in [5.74, 6) is -0.546. The molecular formula is C14H17BrN2O4S. The molecular weight excluding hydrogens is 372 g/mol. The number of amides is 2. The number of hydrogen-bond acceptors (Lipinski definition) is 4. The third-order valence-electron chi connectivity index (χ3n) is 3.42. The Morgan fingerprint density at radius 1 is 1.32 bits per heavy atom. The minimum absolute atomic E-state index is 0.0307. The van der Waals surface area contributed by atoms with Crippen LogP contribution in [0, 0.1) is 0 Å². The maximum atomic E-state index is 12.1. The van der Waals surface area contributed by atoms with Crippen molar-refractivity contribution >= 4 is 43.3 Å². The Hall–Kier alpha value is -1.41. The van der Waals surface area contributed by atoms with Crippen LogP contribution in [-0.2, 0) is 19.4 Å². The average Bonchev–Trinajstić information content (AvgIpc) is 2.76. The van der Waals surface area contributed by atoms with Gasteiger partial charge in [0, 0.05) is 23.1 Å². The summed E-state index contributed by atoms with van der Waals surface area (Å²) in [4.78, 5) is 25.2. The highest BCUT2D eigenvalue weighted by Gasteiger charge is 2.29. The molecule has 0 saturated carbocycles. The van der Waals surface area contributed by atoms with Crippen molar-refractivity contribution < 1.29 is 18.0 Å². The van der Waals surface area contributed by atoms with Gasteiger partial charge in [-0.15, -0.1) is 0 Å². The highest BCUT2D eigenvalue weighted by Crippen LogP contribution is 2.18. The van der Waals surface area contributed by atoms with Crippen molar-refractivity contribution in [3.05, 3.63) is 28.7 Å². The monoisotopic (exact) mass is 388 g/mol. The summed E-state index contributed by atoms with van der Waals surface area (Å²) in [5, 5.41) is 2.68. The zero-order valence-electron chi connectivity index (χ0n) is 12.1. The van der Waals surface area contributed by atoms with Crippen LogP contribution in [0.5, 0.6) is 0 Å². The van der Waals surface area contributed by atoms with Gasteiger partial charge in [-0.3, -0.25) is 9.59 Å². The Balaban J connectivity index is 2.01. The zero-order valence-corrected chi connectivity index (χ0v) is 14.5. The van der Waals surface area contributed by atoms with Crippen LogP contribution in [0.4, 0.5) is 5.69 Å². The molecule has 1 aromatic carbocycles. The van der Waals surface area contributed by atoms with E-state index in [1.54, 1.807) is 24.3 Å². The number of carbonyl (C=O) groups is 2. The lowest BCUT2D eigenvalue weighted by atomic mass is 10.2. The van der Waals surface area contributed by atoms with Gasteiger partial charge >= 0.3 is 0 Å². The maximum Gasteiger partial charge on any atom is 0.240 e. The zero-order chi connectivity index (χ0) is 16.3. The number of sulfone groups is 1. The van der Waals surface area contributed by atoms with Crippen LogP contribution >= 0.6 is 15.9 Å². The molecule has 1 N–H and O–H groups in total. The van der Waals surface area contributed by atoms with Crippen LogP contribution in [0.25, 0.3) is 0 Å². The molecule has 2 rings (SSSR count). The minimum atomic E-state index is -3.04. The van der Waals surface area contributed by atoms with Gasteiger partial charge in [0.05, 0.1) is 11.5 Å². The molecule has 0 bridgehead atoms. The lowest BCUT2D eigenvalue weighted by Gasteiger charge is -2.21. The summed E-state index contributed by atoms with van der Waals surface area (Å²) in [6.07, 6.45) is 0.423. The summed E-state index contributed by atoms with van der Waals surface area (Å²) in [5.41, 5.74) is 0.616. The van der Waals surface area contributed by atoms with E-state index < -0.39 is 9.84 Å². The fourth-order valence-electron chi connectivity index (χ4n) is 2.33. The second-order valence-corrected chi connectivity index (χ2v) is 8.39. The van der Waals surface area contributed by atoms with E-state index in [4.69, 9.17) is 0 Å². The van der Waals surface area contributed by atoms with Gasteiger partial charge < -0.3 is 10.2 Å². The van der Waals surface area contributed by atoms with Gasteiger partial charge in [0.2, 0.25) is 11.8 Å². The SMILES string of the molecule is CC(=O)N(CC(=O)NC1CCS(=O)(=O)C1)c1ccc(Br)cc1. The second-order valence-electron chi connectivity index (χ2n) is 5.25. The molecule has 1 saturated heterocycles. The van der Waals surface area contributed by atoms with E-state index in [2.05, 4.69) is 21.2 Å². The first-order valence-electron chi connectivity index (χ1n) is 6.80. The lowest BCUT2D eigenvalue weighted by molar-refractivity contribution is -0.123. The highest BCUT2D eigenvalue weighted by molar-refractivity contribution is 9.10. The molecule has 1 unspecified atom stereocenters. The van der Waals surface area contributed by atoms with E-state index in [-0.39, 0.29) is 35.9 Å². The highest BCUT2D eigenvalue weighted by atomic mass is 79.9. The topological polar surface area (TPSA) is 83.6 Å². The standard InChI is InChI=1S/C14H17BrN2O4S/c1-10(18)17(13-4-2-11(15)3-5-13)8-14(19)16-12-6-7-22(20,21)9-12/h2-5,12H,6-9H2,1H3,(H,16,19). The van der Waals surface area contributed by atoms with Crippen molar-refractivity contribution in [1.82, 2.24) is 5.32 Å². The average molecular weight is 389 g/mol. The molecule has 1 atom stereocenters. The van der Waals surface area contributed by atoms with Crippen LogP contribution in [-0.4, -0.2) is 44.3 Å². The van der Waals surface area contributed by atoms with Crippen molar-refractivity contribution in [1.29, 1.82) is 0 Å². The number of hydrogen-bond donors (Lipinski definition) is 1. The maximum absolute atomic E-state index is 12.1. The van der Waals surface area contributed by atoms with Crippen molar-refractivity contribution in [3.8, 4) is 0 Å². The van der Waals surface area contributed by atoms with Crippen LogP contribution in [0.1, 0.15) is 13.3 Å². The molecule has 0 radical (unpaired) electrons. The number of halogens is 1. The van der Waals surface area contributed by atoms with Crippen LogP contribution in [0.15, 0.2) is 28.7 Å². The van der Waals surface area contributed by atoms with Gasteiger partial charge in [0.15, 0.2) is 9.84 Å². The number of nitrogens with one attached hydrogen (secondary N) is 1. The molecule has 6 nitrogen and oxygen atoms in total. The summed E-state index contributed by atoms with van der Waals surface area (Å²) in [6, 6.07) is 6.67. The molecule has 120 valence electrons. The fourth-order valence-corrected chi connectivity index (χ4v) is 4.27. The van der Waals surface area contributed by atoms with Gasteiger partial charge in [0.1, 0.15) is 6.54 Å². The number of rotatable bonds is 4.